The van der Waals surface area contributed by atoms with Crippen molar-refractivity contribution in [1.82, 2.24) is 4.90 Å². The fourth-order valence-corrected chi connectivity index (χ4v) is 3.43. The normalized spacial score (nSPS) is 14.5. The Morgan fingerprint density at radius 2 is 1.77 bits per heavy atom. The molecular formula is C24H31N3O3. The summed E-state index contributed by atoms with van der Waals surface area (Å²) in [6.45, 7) is 7.89. The first kappa shape index (κ1) is 21.7. The Bertz CT molecular complexity index is 856. The van der Waals surface area contributed by atoms with Gasteiger partial charge in [0, 0.05) is 30.0 Å². The van der Waals surface area contributed by atoms with Gasteiger partial charge in [-0.15, -0.1) is 0 Å². The minimum absolute atomic E-state index is 0.0544. The number of amides is 2. The van der Waals surface area contributed by atoms with Crippen molar-refractivity contribution >= 4 is 23.2 Å². The van der Waals surface area contributed by atoms with Crippen LogP contribution in [0.1, 0.15) is 44.0 Å². The lowest BCUT2D eigenvalue weighted by Gasteiger charge is -2.30. The second-order valence-electron chi connectivity index (χ2n) is 8.15. The molecule has 0 saturated carbocycles. The van der Waals surface area contributed by atoms with E-state index in [1.807, 2.05) is 67.3 Å². The van der Waals surface area contributed by atoms with Crippen molar-refractivity contribution in [3.05, 3.63) is 54.1 Å². The van der Waals surface area contributed by atoms with Crippen molar-refractivity contribution in [2.45, 2.75) is 39.7 Å². The van der Waals surface area contributed by atoms with Gasteiger partial charge in [0.2, 0.25) is 5.91 Å². The topological polar surface area (TPSA) is 70.7 Å². The van der Waals surface area contributed by atoms with Crippen molar-refractivity contribution in [1.29, 1.82) is 0 Å². The minimum Gasteiger partial charge on any atom is -0.491 e. The van der Waals surface area contributed by atoms with E-state index in [2.05, 4.69) is 17.6 Å². The molecule has 1 saturated heterocycles. The van der Waals surface area contributed by atoms with Gasteiger partial charge in [-0.2, -0.15) is 0 Å². The SMILES string of the molecule is CC1CCN(C(=O)c2cccc(NCC(=O)Nc3ccc(OC(C)C)cc3)c2)CC1. The molecule has 0 aromatic heterocycles. The Kier molecular flexibility index (Phi) is 7.33. The van der Waals surface area contributed by atoms with Crippen LogP contribution in [0.5, 0.6) is 5.75 Å². The first-order chi connectivity index (χ1) is 14.4. The van der Waals surface area contributed by atoms with E-state index in [1.165, 1.54) is 0 Å². The van der Waals surface area contributed by atoms with Crippen LogP contribution < -0.4 is 15.4 Å². The second kappa shape index (κ2) is 10.1. The number of piperidine rings is 1. The van der Waals surface area contributed by atoms with Gasteiger partial charge in [0.25, 0.3) is 5.91 Å². The summed E-state index contributed by atoms with van der Waals surface area (Å²) >= 11 is 0. The van der Waals surface area contributed by atoms with E-state index in [0.717, 1.165) is 37.4 Å². The lowest BCUT2D eigenvalue weighted by molar-refractivity contribution is -0.114. The molecule has 0 aliphatic carbocycles. The zero-order valence-corrected chi connectivity index (χ0v) is 18.0. The van der Waals surface area contributed by atoms with E-state index in [1.54, 1.807) is 0 Å². The highest BCUT2D eigenvalue weighted by Crippen LogP contribution is 2.20. The van der Waals surface area contributed by atoms with Gasteiger partial charge in [0.05, 0.1) is 12.6 Å². The van der Waals surface area contributed by atoms with Gasteiger partial charge in [-0.25, -0.2) is 0 Å². The second-order valence-corrected chi connectivity index (χ2v) is 8.15. The molecule has 0 spiro atoms. The highest BCUT2D eigenvalue weighted by molar-refractivity contribution is 5.96. The van der Waals surface area contributed by atoms with Gasteiger partial charge in [0.15, 0.2) is 0 Å². The minimum atomic E-state index is -0.158. The van der Waals surface area contributed by atoms with Crippen LogP contribution in [0.2, 0.25) is 0 Å². The molecule has 1 fully saturated rings. The highest BCUT2D eigenvalue weighted by Gasteiger charge is 2.21. The molecule has 1 heterocycles. The van der Waals surface area contributed by atoms with Crippen LogP contribution in [0.25, 0.3) is 0 Å². The van der Waals surface area contributed by atoms with E-state index >= 15 is 0 Å². The summed E-state index contributed by atoms with van der Waals surface area (Å²) in [5.41, 5.74) is 2.11. The molecule has 2 N–H and O–H groups in total. The van der Waals surface area contributed by atoms with Crippen LogP contribution >= 0.6 is 0 Å². The molecule has 1 aliphatic rings. The maximum atomic E-state index is 12.7. The van der Waals surface area contributed by atoms with Gasteiger partial charge in [-0.3, -0.25) is 9.59 Å². The van der Waals surface area contributed by atoms with Crippen LogP contribution in [0.15, 0.2) is 48.5 Å². The summed E-state index contributed by atoms with van der Waals surface area (Å²) < 4.78 is 5.60. The molecule has 0 bridgehead atoms. The molecule has 0 unspecified atom stereocenters. The van der Waals surface area contributed by atoms with Crippen molar-refractivity contribution in [3.8, 4) is 5.75 Å². The molecular weight excluding hydrogens is 378 g/mol. The number of hydrogen-bond donors (Lipinski definition) is 2. The van der Waals surface area contributed by atoms with E-state index in [-0.39, 0.29) is 24.5 Å². The number of likely N-dealkylation sites (tertiary alicyclic amines) is 1. The molecule has 3 rings (SSSR count). The lowest BCUT2D eigenvalue weighted by atomic mass is 9.98. The molecule has 6 nitrogen and oxygen atoms in total. The van der Waals surface area contributed by atoms with Crippen molar-refractivity contribution in [2.24, 2.45) is 5.92 Å². The van der Waals surface area contributed by atoms with Gasteiger partial charge in [0.1, 0.15) is 5.75 Å². The summed E-state index contributed by atoms with van der Waals surface area (Å²) in [7, 11) is 0. The maximum Gasteiger partial charge on any atom is 0.253 e. The third kappa shape index (κ3) is 6.24. The molecule has 30 heavy (non-hydrogen) atoms. The predicted octanol–water partition coefficient (Wildman–Crippen LogP) is 4.40. The molecule has 160 valence electrons. The number of hydrogen-bond acceptors (Lipinski definition) is 4. The number of benzene rings is 2. The van der Waals surface area contributed by atoms with Crippen molar-refractivity contribution in [3.63, 3.8) is 0 Å². The zero-order valence-electron chi connectivity index (χ0n) is 18.0. The van der Waals surface area contributed by atoms with E-state index in [0.29, 0.717) is 17.2 Å². The maximum absolute atomic E-state index is 12.7. The third-order valence-electron chi connectivity index (χ3n) is 5.14. The van der Waals surface area contributed by atoms with Crippen molar-refractivity contribution in [2.75, 3.05) is 30.3 Å². The molecule has 2 aromatic rings. The number of carbonyl (C=O) groups excluding carboxylic acids is 2. The predicted molar refractivity (Wildman–Crippen MR) is 120 cm³/mol. The average molecular weight is 410 g/mol. The Morgan fingerprint density at radius 1 is 1.07 bits per heavy atom. The van der Waals surface area contributed by atoms with Crippen LogP contribution in [0, 0.1) is 5.92 Å². The summed E-state index contributed by atoms with van der Waals surface area (Å²) in [5.74, 6) is 1.35. The first-order valence-corrected chi connectivity index (χ1v) is 10.6. The van der Waals surface area contributed by atoms with Gasteiger partial charge in [-0.1, -0.05) is 13.0 Å². The zero-order chi connectivity index (χ0) is 21.5. The van der Waals surface area contributed by atoms with E-state index < -0.39 is 0 Å². The number of carbonyl (C=O) groups is 2. The first-order valence-electron chi connectivity index (χ1n) is 10.6. The fraction of sp³-hybridized carbons (Fsp3) is 0.417. The molecule has 0 atom stereocenters. The number of ether oxygens (including phenoxy) is 1. The van der Waals surface area contributed by atoms with Gasteiger partial charge in [-0.05, 0) is 75.1 Å². The number of nitrogens with zero attached hydrogens (tertiary/aromatic N) is 1. The number of anilines is 2. The van der Waals surface area contributed by atoms with E-state index in [9.17, 15) is 9.59 Å². The van der Waals surface area contributed by atoms with Gasteiger partial charge >= 0.3 is 0 Å². The largest absolute Gasteiger partial charge is 0.491 e. The Morgan fingerprint density at radius 3 is 2.43 bits per heavy atom. The number of nitrogens with one attached hydrogen (secondary N) is 2. The molecule has 1 aliphatic heterocycles. The smallest absolute Gasteiger partial charge is 0.253 e. The molecule has 2 amide bonds. The third-order valence-corrected chi connectivity index (χ3v) is 5.14. The summed E-state index contributed by atoms with van der Waals surface area (Å²) in [6, 6.07) is 14.6. The summed E-state index contributed by atoms with van der Waals surface area (Å²) in [5, 5.41) is 5.95. The number of rotatable bonds is 7. The van der Waals surface area contributed by atoms with Crippen LogP contribution in [-0.2, 0) is 4.79 Å². The van der Waals surface area contributed by atoms with Crippen LogP contribution in [0.3, 0.4) is 0 Å². The summed E-state index contributed by atoms with van der Waals surface area (Å²) in [4.78, 5) is 26.9. The monoisotopic (exact) mass is 409 g/mol. The van der Waals surface area contributed by atoms with Gasteiger partial charge < -0.3 is 20.3 Å². The van der Waals surface area contributed by atoms with Crippen molar-refractivity contribution < 1.29 is 14.3 Å². The Labute approximate surface area is 178 Å². The average Bonchev–Trinajstić information content (AvgIpc) is 2.73. The fourth-order valence-electron chi connectivity index (χ4n) is 3.43. The molecule has 6 heteroatoms. The molecule has 2 aromatic carbocycles. The van der Waals surface area contributed by atoms with Crippen LogP contribution in [-0.4, -0.2) is 42.5 Å². The Balaban J connectivity index is 1.51. The quantitative estimate of drug-likeness (QED) is 0.711. The molecule has 0 radical (unpaired) electrons. The lowest BCUT2D eigenvalue weighted by Crippen LogP contribution is -2.37. The van der Waals surface area contributed by atoms with E-state index in [4.69, 9.17) is 4.74 Å². The summed E-state index contributed by atoms with van der Waals surface area (Å²) in [6.07, 6.45) is 2.21. The Hall–Kier alpha value is -3.02. The van der Waals surface area contributed by atoms with Crippen LogP contribution in [0.4, 0.5) is 11.4 Å². The standard InChI is InChI=1S/C24H31N3O3/c1-17(2)30-22-9-7-20(8-10-22)26-23(28)16-25-21-6-4-5-19(15-21)24(29)27-13-11-18(3)12-14-27/h4-10,15,17-18,25H,11-14,16H2,1-3H3,(H,26,28). The highest BCUT2D eigenvalue weighted by atomic mass is 16.5.